The lowest BCUT2D eigenvalue weighted by Crippen LogP contribution is -3.10. The van der Waals surface area contributed by atoms with Gasteiger partial charge in [0.25, 0.3) is 5.76 Å². The van der Waals surface area contributed by atoms with Crippen LogP contribution in [0, 0.1) is 6.92 Å². The molecule has 0 aliphatic heterocycles. The summed E-state index contributed by atoms with van der Waals surface area (Å²) >= 11 is 5.97. The van der Waals surface area contributed by atoms with Crippen LogP contribution in [0.5, 0.6) is 17.2 Å². The monoisotopic (exact) mass is 484 g/mol. The lowest BCUT2D eigenvalue weighted by molar-refractivity contribution is -0.913. The van der Waals surface area contributed by atoms with E-state index in [2.05, 4.69) is 0 Å². The third-order valence-electron chi connectivity index (χ3n) is 5.34. The molecule has 2 aromatic carbocycles. The highest BCUT2D eigenvalue weighted by atomic mass is 35.5. The number of fused-ring (bicyclic) bond motifs is 1. The topological polar surface area (TPSA) is 64.1 Å². The van der Waals surface area contributed by atoms with Crippen molar-refractivity contribution in [3.05, 3.63) is 62.5 Å². The minimum Gasteiger partial charge on any atom is -0.507 e. The van der Waals surface area contributed by atoms with E-state index >= 15 is 0 Å². The molecule has 1 heterocycles. The van der Waals surface area contributed by atoms with E-state index < -0.39 is 23.1 Å². The summed E-state index contributed by atoms with van der Waals surface area (Å²) in [6.45, 7) is 7.42. The van der Waals surface area contributed by atoms with Gasteiger partial charge in [0.1, 0.15) is 18.0 Å². The zero-order valence-corrected chi connectivity index (χ0v) is 19.4. The smallest absolute Gasteiger partial charge is 0.453 e. The fourth-order valence-electron chi connectivity index (χ4n) is 3.79. The molecule has 9 heteroatoms. The SMILES string of the molecule is CCC[NH+](CCC)Cc1c(O)ccc2c(=O)c(Oc3ccc(Cl)c(C)c3)c(C(F)(F)F)oc12. The first-order valence-corrected chi connectivity index (χ1v) is 11.1. The first-order chi connectivity index (χ1) is 15.6. The Morgan fingerprint density at radius 1 is 1.12 bits per heavy atom. The number of alkyl halides is 3. The fraction of sp³-hybridized carbons (Fsp3) is 0.375. The van der Waals surface area contributed by atoms with E-state index in [1.807, 2.05) is 13.8 Å². The summed E-state index contributed by atoms with van der Waals surface area (Å²) < 4.78 is 52.5. The molecule has 3 aromatic rings. The van der Waals surface area contributed by atoms with E-state index in [0.29, 0.717) is 10.6 Å². The molecule has 0 unspecified atom stereocenters. The second-order valence-corrected chi connectivity index (χ2v) is 8.37. The Morgan fingerprint density at radius 2 is 1.79 bits per heavy atom. The van der Waals surface area contributed by atoms with E-state index in [9.17, 15) is 23.1 Å². The first kappa shape index (κ1) is 24.9. The van der Waals surface area contributed by atoms with Gasteiger partial charge in [-0.3, -0.25) is 4.79 Å². The molecule has 0 saturated carbocycles. The van der Waals surface area contributed by atoms with Gasteiger partial charge in [-0.05, 0) is 55.7 Å². The Labute approximate surface area is 194 Å². The molecule has 0 radical (unpaired) electrons. The molecule has 5 nitrogen and oxygen atoms in total. The molecule has 0 aliphatic carbocycles. The Hall–Kier alpha value is -2.71. The van der Waals surface area contributed by atoms with Gasteiger partial charge < -0.3 is 19.2 Å². The van der Waals surface area contributed by atoms with E-state index in [1.54, 1.807) is 6.92 Å². The number of ether oxygens (including phenoxy) is 1. The second-order valence-electron chi connectivity index (χ2n) is 7.97. The Bertz CT molecular complexity index is 1200. The number of halogens is 4. The number of nitrogens with one attached hydrogen (secondary N) is 1. The normalized spacial score (nSPS) is 12.0. The van der Waals surface area contributed by atoms with Gasteiger partial charge in [0, 0.05) is 5.02 Å². The molecular weight excluding hydrogens is 459 g/mol. The lowest BCUT2D eigenvalue weighted by Gasteiger charge is -2.20. The molecule has 0 bridgehead atoms. The fourth-order valence-corrected chi connectivity index (χ4v) is 3.91. The highest BCUT2D eigenvalue weighted by molar-refractivity contribution is 6.31. The summed E-state index contributed by atoms with van der Waals surface area (Å²) in [5.41, 5.74) is -0.502. The molecule has 1 aromatic heterocycles. The van der Waals surface area contributed by atoms with Crippen molar-refractivity contribution < 1.29 is 32.3 Å². The number of phenolic OH excluding ortho intramolecular Hbond substituents is 1. The van der Waals surface area contributed by atoms with Crippen LogP contribution in [0.2, 0.25) is 5.02 Å². The number of hydrogen-bond donors (Lipinski definition) is 2. The highest BCUT2D eigenvalue weighted by Gasteiger charge is 2.41. The Balaban J connectivity index is 2.21. The molecule has 0 saturated heterocycles. The van der Waals surface area contributed by atoms with Crippen molar-refractivity contribution in [1.29, 1.82) is 0 Å². The molecule has 0 atom stereocenters. The van der Waals surface area contributed by atoms with Gasteiger partial charge in [0.15, 0.2) is 5.58 Å². The van der Waals surface area contributed by atoms with Crippen LogP contribution >= 0.6 is 11.6 Å². The van der Waals surface area contributed by atoms with E-state index in [-0.39, 0.29) is 34.6 Å². The predicted molar refractivity (Wildman–Crippen MR) is 120 cm³/mol. The second kappa shape index (κ2) is 10.1. The number of hydrogen-bond acceptors (Lipinski definition) is 4. The predicted octanol–water partition coefficient (Wildman–Crippen LogP) is 5.48. The van der Waals surface area contributed by atoms with Crippen LogP contribution in [0.15, 0.2) is 39.5 Å². The van der Waals surface area contributed by atoms with Crippen molar-refractivity contribution in [1.82, 2.24) is 0 Å². The van der Waals surface area contributed by atoms with E-state index in [4.69, 9.17) is 20.8 Å². The quantitative estimate of drug-likeness (QED) is 0.444. The van der Waals surface area contributed by atoms with Crippen molar-refractivity contribution in [2.24, 2.45) is 0 Å². The minimum absolute atomic E-state index is 0.0227. The first-order valence-electron chi connectivity index (χ1n) is 10.7. The minimum atomic E-state index is -4.99. The summed E-state index contributed by atoms with van der Waals surface area (Å²) in [6, 6.07) is 6.83. The van der Waals surface area contributed by atoms with Crippen molar-refractivity contribution in [2.75, 3.05) is 13.1 Å². The molecule has 3 rings (SSSR count). The van der Waals surface area contributed by atoms with Crippen molar-refractivity contribution in [3.63, 3.8) is 0 Å². The number of quaternary nitrogens is 1. The van der Waals surface area contributed by atoms with Gasteiger partial charge in [-0.25, -0.2) is 0 Å². The van der Waals surface area contributed by atoms with Crippen molar-refractivity contribution in [3.8, 4) is 17.2 Å². The largest absolute Gasteiger partial charge is 0.507 e. The lowest BCUT2D eigenvalue weighted by atomic mass is 10.1. The maximum atomic E-state index is 13.9. The molecule has 33 heavy (non-hydrogen) atoms. The zero-order chi connectivity index (χ0) is 24.3. The average Bonchev–Trinajstić information content (AvgIpc) is 2.74. The Kier molecular flexibility index (Phi) is 7.59. The Morgan fingerprint density at radius 3 is 2.36 bits per heavy atom. The van der Waals surface area contributed by atoms with Gasteiger partial charge >= 0.3 is 6.18 Å². The summed E-state index contributed by atoms with van der Waals surface area (Å²) in [4.78, 5) is 14.2. The van der Waals surface area contributed by atoms with Crippen molar-refractivity contribution >= 4 is 22.6 Å². The van der Waals surface area contributed by atoms with Gasteiger partial charge in [0.05, 0.1) is 24.0 Å². The molecular formula is C24H26ClF3NO4+. The van der Waals surface area contributed by atoms with Crippen LogP contribution in [0.1, 0.15) is 43.6 Å². The van der Waals surface area contributed by atoms with E-state index in [0.717, 1.165) is 30.8 Å². The summed E-state index contributed by atoms with van der Waals surface area (Å²) in [5.74, 6) is -2.70. The summed E-state index contributed by atoms with van der Waals surface area (Å²) in [6.07, 6.45) is -3.28. The molecule has 0 aliphatic rings. The van der Waals surface area contributed by atoms with Crippen LogP contribution in [0.4, 0.5) is 13.2 Å². The number of aryl methyl sites for hydroxylation is 1. The maximum Gasteiger partial charge on any atom is 0.453 e. The number of benzene rings is 2. The van der Waals surface area contributed by atoms with Crippen molar-refractivity contribution in [2.45, 2.75) is 46.3 Å². The van der Waals surface area contributed by atoms with E-state index in [1.165, 1.54) is 30.3 Å². The van der Waals surface area contributed by atoms with Crippen LogP contribution in [-0.2, 0) is 12.7 Å². The average molecular weight is 485 g/mol. The van der Waals surface area contributed by atoms with Crippen LogP contribution in [-0.4, -0.2) is 18.2 Å². The molecule has 2 N–H and O–H groups in total. The van der Waals surface area contributed by atoms with Gasteiger partial charge in [-0.15, -0.1) is 0 Å². The molecule has 0 spiro atoms. The number of phenols is 1. The summed E-state index contributed by atoms with van der Waals surface area (Å²) in [7, 11) is 0. The standard InChI is InChI=1S/C24H25ClF3NO4/c1-4-10-29(11-5-2)13-17-19(30)9-7-16-20(31)22(23(24(26,27)28)33-21(16)17)32-15-6-8-18(25)14(3)12-15/h6-9,12,30H,4-5,10-11,13H2,1-3H3/p+1. The van der Waals surface area contributed by atoms with Gasteiger partial charge in [-0.1, -0.05) is 25.4 Å². The molecule has 178 valence electrons. The number of rotatable bonds is 8. The van der Waals surface area contributed by atoms with Gasteiger partial charge in [0.2, 0.25) is 11.2 Å². The molecule has 0 fully saturated rings. The maximum absolute atomic E-state index is 13.9. The van der Waals surface area contributed by atoms with Crippen LogP contribution < -0.4 is 15.1 Å². The highest BCUT2D eigenvalue weighted by Crippen LogP contribution is 2.40. The zero-order valence-electron chi connectivity index (χ0n) is 18.6. The molecule has 0 amide bonds. The number of aromatic hydroxyl groups is 1. The third-order valence-corrected chi connectivity index (χ3v) is 5.76. The van der Waals surface area contributed by atoms with Crippen LogP contribution in [0.25, 0.3) is 11.0 Å². The third kappa shape index (κ3) is 5.45. The summed E-state index contributed by atoms with van der Waals surface area (Å²) in [5, 5.41) is 10.8. The van der Waals surface area contributed by atoms with Gasteiger partial charge in [-0.2, -0.15) is 13.2 Å². The van der Waals surface area contributed by atoms with Crippen LogP contribution in [0.3, 0.4) is 0 Å².